The highest BCUT2D eigenvalue weighted by molar-refractivity contribution is 7.13. The zero-order chi connectivity index (χ0) is 15.6. The summed E-state index contributed by atoms with van der Waals surface area (Å²) in [7, 11) is 0. The van der Waals surface area contributed by atoms with Crippen LogP contribution in [0.1, 0.15) is 12.8 Å². The van der Waals surface area contributed by atoms with Gasteiger partial charge in [0.15, 0.2) is 5.13 Å². The molecule has 3 aromatic heterocycles. The average Bonchev–Trinajstić information content (AvgIpc) is 3.30. The Balaban J connectivity index is 1.39. The standard InChI is InChI=1S/C15H17N5O2S/c1-11-8-19(4-5-20(11)15-16-3-7-23-15)9-13-17-14(18-22-13)12-2-6-21-10-12/h2-3,6-7,10-11H,4-5,8-9H2,1H3/t11-/m1/s1. The third kappa shape index (κ3) is 2.99. The molecular weight excluding hydrogens is 314 g/mol. The van der Waals surface area contributed by atoms with Crippen LogP contribution in [-0.4, -0.2) is 45.7 Å². The summed E-state index contributed by atoms with van der Waals surface area (Å²) < 4.78 is 10.4. The van der Waals surface area contributed by atoms with Gasteiger partial charge in [-0.15, -0.1) is 11.3 Å². The lowest BCUT2D eigenvalue weighted by atomic mass is 10.2. The lowest BCUT2D eigenvalue weighted by molar-refractivity contribution is 0.194. The number of hydrogen-bond acceptors (Lipinski definition) is 8. The number of rotatable bonds is 4. The fraction of sp³-hybridized carbons (Fsp3) is 0.400. The molecule has 0 amide bonds. The molecule has 0 aliphatic carbocycles. The second kappa shape index (κ2) is 6.13. The van der Waals surface area contributed by atoms with Gasteiger partial charge in [0.1, 0.15) is 6.26 Å². The van der Waals surface area contributed by atoms with E-state index >= 15 is 0 Å². The minimum atomic E-state index is 0.408. The number of anilines is 1. The minimum Gasteiger partial charge on any atom is -0.472 e. The first-order valence-corrected chi connectivity index (χ1v) is 8.41. The number of thiazole rings is 1. The van der Waals surface area contributed by atoms with E-state index in [1.165, 1.54) is 0 Å². The van der Waals surface area contributed by atoms with Crippen molar-refractivity contribution in [1.82, 2.24) is 20.0 Å². The second-order valence-electron chi connectivity index (χ2n) is 5.62. The summed E-state index contributed by atoms with van der Waals surface area (Å²) in [6.45, 7) is 5.74. The van der Waals surface area contributed by atoms with Crippen molar-refractivity contribution < 1.29 is 8.94 Å². The maximum absolute atomic E-state index is 5.36. The smallest absolute Gasteiger partial charge is 0.241 e. The Hall–Kier alpha value is -2.19. The highest BCUT2D eigenvalue weighted by Gasteiger charge is 2.26. The molecule has 0 unspecified atom stereocenters. The van der Waals surface area contributed by atoms with Gasteiger partial charge in [-0.25, -0.2) is 4.98 Å². The third-order valence-electron chi connectivity index (χ3n) is 3.98. The van der Waals surface area contributed by atoms with E-state index in [9.17, 15) is 0 Å². The van der Waals surface area contributed by atoms with Crippen LogP contribution in [0.25, 0.3) is 11.4 Å². The Morgan fingerprint density at radius 1 is 1.39 bits per heavy atom. The van der Waals surface area contributed by atoms with Crippen LogP contribution in [0.4, 0.5) is 5.13 Å². The van der Waals surface area contributed by atoms with Gasteiger partial charge in [-0.05, 0) is 13.0 Å². The Morgan fingerprint density at radius 3 is 3.09 bits per heavy atom. The van der Waals surface area contributed by atoms with Gasteiger partial charge in [0.05, 0.1) is 18.4 Å². The van der Waals surface area contributed by atoms with Crippen molar-refractivity contribution in [1.29, 1.82) is 0 Å². The van der Waals surface area contributed by atoms with Gasteiger partial charge >= 0.3 is 0 Å². The van der Waals surface area contributed by atoms with Crippen LogP contribution < -0.4 is 4.90 Å². The Kier molecular flexibility index (Phi) is 3.84. The van der Waals surface area contributed by atoms with E-state index in [0.29, 0.717) is 24.3 Å². The fourth-order valence-corrected chi connectivity index (χ4v) is 3.61. The molecule has 0 saturated carbocycles. The van der Waals surface area contributed by atoms with Gasteiger partial charge in [-0.2, -0.15) is 4.98 Å². The molecule has 23 heavy (non-hydrogen) atoms. The van der Waals surface area contributed by atoms with Crippen LogP contribution in [0.3, 0.4) is 0 Å². The summed E-state index contributed by atoms with van der Waals surface area (Å²) in [5.74, 6) is 1.21. The van der Waals surface area contributed by atoms with Gasteiger partial charge in [-0.3, -0.25) is 4.90 Å². The summed E-state index contributed by atoms with van der Waals surface area (Å²) in [4.78, 5) is 13.5. The molecular formula is C15H17N5O2S. The molecule has 0 radical (unpaired) electrons. The van der Waals surface area contributed by atoms with Crippen molar-refractivity contribution in [3.05, 3.63) is 36.1 Å². The lowest BCUT2D eigenvalue weighted by Gasteiger charge is -2.39. The Labute approximate surface area is 137 Å². The van der Waals surface area contributed by atoms with E-state index in [4.69, 9.17) is 8.94 Å². The first kappa shape index (κ1) is 14.4. The maximum atomic E-state index is 5.36. The molecule has 120 valence electrons. The van der Waals surface area contributed by atoms with Crippen LogP contribution in [0.5, 0.6) is 0 Å². The number of aromatic nitrogens is 3. The zero-order valence-electron chi connectivity index (χ0n) is 12.8. The third-order valence-corrected chi connectivity index (χ3v) is 4.79. The first-order chi connectivity index (χ1) is 11.3. The normalized spacial score (nSPS) is 19.3. The predicted octanol–water partition coefficient (Wildman–Crippen LogP) is 2.50. The van der Waals surface area contributed by atoms with E-state index in [1.54, 1.807) is 23.9 Å². The minimum absolute atomic E-state index is 0.408. The van der Waals surface area contributed by atoms with Crippen molar-refractivity contribution in [3.8, 4) is 11.4 Å². The van der Waals surface area contributed by atoms with Gasteiger partial charge in [0.2, 0.25) is 11.7 Å². The van der Waals surface area contributed by atoms with Gasteiger partial charge < -0.3 is 13.8 Å². The van der Waals surface area contributed by atoms with Crippen LogP contribution in [-0.2, 0) is 6.54 Å². The van der Waals surface area contributed by atoms with Crippen molar-refractivity contribution >= 4 is 16.5 Å². The van der Waals surface area contributed by atoms with E-state index in [1.807, 2.05) is 17.6 Å². The monoisotopic (exact) mass is 331 g/mol. The molecule has 4 rings (SSSR count). The molecule has 1 saturated heterocycles. The van der Waals surface area contributed by atoms with E-state index in [0.717, 1.165) is 30.3 Å². The maximum Gasteiger partial charge on any atom is 0.241 e. The van der Waals surface area contributed by atoms with Crippen molar-refractivity contribution in [3.63, 3.8) is 0 Å². The molecule has 1 aliphatic rings. The molecule has 0 spiro atoms. The van der Waals surface area contributed by atoms with E-state index < -0.39 is 0 Å². The topological polar surface area (TPSA) is 71.4 Å². The highest BCUT2D eigenvalue weighted by atomic mass is 32.1. The number of furan rings is 1. The predicted molar refractivity (Wildman–Crippen MR) is 86.2 cm³/mol. The number of hydrogen-bond donors (Lipinski definition) is 0. The average molecular weight is 331 g/mol. The molecule has 4 heterocycles. The molecule has 0 N–H and O–H groups in total. The van der Waals surface area contributed by atoms with Crippen LogP contribution in [0.2, 0.25) is 0 Å². The summed E-state index contributed by atoms with van der Waals surface area (Å²) in [5, 5.41) is 7.12. The second-order valence-corrected chi connectivity index (χ2v) is 6.49. The van der Waals surface area contributed by atoms with Gasteiger partial charge in [0.25, 0.3) is 0 Å². The van der Waals surface area contributed by atoms with Crippen molar-refractivity contribution in [2.75, 3.05) is 24.5 Å². The molecule has 3 aromatic rings. The molecule has 1 fully saturated rings. The van der Waals surface area contributed by atoms with Gasteiger partial charge in [0, 0.05) is 37.3 Å². The summed E-state index contributed by atoms with van der Waals surface area (Å²) in [6, 6.07) is 2.23. The molecule has 8 heteroatoms. The fourth-order valence-electron chi connectivity index (χ4n) is 2.84. The number of nitrogens with zero attached hydrogens (tertiary/aromatic N) is 5. The quantitative estimate of drug-likeness (QED) is 0.727. The van der Waals surface area contributed by atoms with Gasteiger partial charge in [-0.1, -0.05) is 5.16 Å². The molecule has 7 nitrogen and oxygen atoms in total. The Morgan fingerprint density at radius 2 is 2.35 bits per heavy atom. The summed E-state index contributed by atoms with van der Waals surface area (Å²) in [6.07, 6.45) is 5.07. The number of piperazine rings is 1. The van der Waals surface area contributed by atoms with Crippen LogP contribution in [0, 0.1) is 0 Å². The molecule has 1 aliphatic heterocycles. The zero-order valence-corrected chi connectivity index (χ0v) is 13.6. The van der Waals surface area contributed by atoms with E-state index in [2.05, 4.69) is 31.8 Å². The molecule has 0 aromatic carbocycles. The SMILES string of the molecule is C[C@@H]1CN(Cc2nc(-c3ccoc3)no2)CCN1c1nccs1. The molecule has 1 atom stereocenters. The Bertz CT molecular complexity index is 740. The largest absolute Gasteiger partial charge is 0.472 e. The summed E-state index contributed by atoms with van der Waals surface area (Å²) >= 11 is 1.69. The van der Waals surface area contributed by atoms with Crippen LogP contribution in [0.15, 0.2) is 39.1 Å². The summed E-state index contributed by atoms with van der Waals surface area (Å²) in [5.41, 5.74) is 0.835. The van der Waals surface area contributed by atoms with Crippen LogP contribution >= 0.6 is 11.3 Å². The van der Waals surface area contributed by atoms with Crippen molar-refractivity contribution in [2.24, 2.45) is 0 Å². The lowest BCUT2D eigenvalue weighted by Crippen LogP contribution is -2.51. The van der Waals surface area contributed by atoms with E-state index in [-0.39, 0.29) is 0 Å². The molecule has 0 bridgehead atoms. The first-order valence-electron chi connectivity index (χ1n) is 7.53. The van der Waals surface area contributed by atoms with Crippen molar-refractivity contribution in [2.45, 2.75) is 19.5 Å². The highest BCUT2D eigenvalue weighted by Crippen LogP contribution is 2.23.